The molecule has 3 aromatic rings. The zero-order valence-corrected chi connectivity index (χ0v) is 35.6. The quantitative estimate of drug-likeness (QED) is 0.112. The van der Waals surface area contributed by atoms with Gasteiger partial charge in [0.05, 0.1) is 40.4 Å². The van der Waals surface area contributed by atoms with Gasteiger partial charge < -0.3 is 28.9 Å². The van der Waals surface area contributed by atoms with Crippen molar-refractivity contribution in [3.8, 4) is 0 Å². The molecule has 0 bridgehead atoms. The van der Waals surface area contributed by atoms with Gasteiger partial charge in [-0.3, -0.25) is 9.59 Å². The first-order chi connectivity index (χ1) is 29.0. The number of amides is 2. The molecule has 61 heavy (non-hydrogen) atoms. The molecule has 3 fully saturated rings. The number of piperidine rings is 1. The summed E-state index contributed by atoms with van der Waals surface area (Å²) in [5.41, 5.74) is -2.37. The average molecular weight is 899 g/mol. The number of carbonyl (C=O) groups excluding carboxylic acids is 2. The summed E-state index contributed by atoms with van der Waals surface area (Å²) in [6.45, 7) is 3.74. The number of benzene rings is 3. The lowest BCUT2D eigenvalue weighted by molar-refractivity contribution is -0.143. The van der Waals surface area contributed by atoms with Crippen LogP contribution in [0.1, 0.15) is 83.1 Å². The van der Waals surface area contributed by atoms with Gasteiger partial charge in [0.2, 0.25) is 5.91 Å². The minimum absolute atomic E-state index is 0.00559. The van der Waals surface area contributed by atoms with Crippen LogP contribution < -0.4 is 0 Å². The van der Waals surface area contributed by atoms with Crippen molar-refractivity contribution in [1.82, 2.24) is 14.7 Å². The topological polar surface area (TPSA) is 71.5 Å². The lowest BCUT2D eigenvalue weighted by Crippen LogP contribution is -2.54. The summed E-state index contributed by atoms with van der Waals surface area (Å²) in [7, 11) is 1.80. The number of rotatable bonds is 15. The largest absolute Gasteiger partial charge is 0.416 e. The molecule has 7 rings (SSSR count). The molecular formula is C45H51Cl2F6N3O5. The number of unbranched alkanes of at least 4 members (excludes halogenated alkanes) is 1. The maximum atomic E-state index is 13.9. The number of carbonyl (C=O) groups is 2. The number of morpholine rings is 1. The van der Waals surface area contributed by atoms with Crippen LogP contribution in [0, 0.1) is 5.92 Å². The molecule has 2 aliphatic heterocycles. The second kappa shape index (κ2) is 18.8. The fourth-order valence-corrected chi connectivity index (χ4v) is 9.34. The van der Waals surface area contributed by atoms with Crippen molar-refractivity contribution in [2.24, 2.45) is 5.92 Å². The van der Waals surface area contributed by atoms with Crippen LogP contribution >= 0.6 is 23.2 Å². The summed E-state index contributed by atoms with van der Waals surface area (Å²) in [4.78, 5) is 32.3. The van der Waals surface area contributed by atoms with Crippen LogP contribution in [0.2, 0.25) is 10.0 Å². The molecule has 8 nitrogen and oxygen atoms in total. The zero-order valence-electron chi connectivity index (χ0n) is 34.1. The van der Waals surface area contributed by atoms with Crippen LogP contribution in [0.15, 0.2) is 60.7 Å². The Morgan fingerprint density at radius 3 is 2.28 bits per heavy atom. The van der Waals surface area contributed by atoms with E-state index in [4.69, 9.17) is 37.4 Å². The molecule has 1 spiro atoms. The molecule has 0 unspecified atom stereocenters. The summed E-state index contributed by atoms with van der Waals surface area (Å²) < 4.78 is 101. The highest BCUT2D eigenvalue weighted by Crippen LogP contribution is 2.48. The lowest BCUT2D eigenvalue weighted by Gasteiger charge is -2.46. The van der Waals surface area contributed by atoms with Gasteiger partial charge in [-0.05, 0) is 117 Å². The molecule has 2 aliphatic carbocycles. The van der Waals surface area contributed by atoms with Gasteiger partial charge >= 0.3 is 12.4 Å². The van der Waals surface area contributed by atoms with E-state index in [0.29, 0.717) is 63.3 Å². The number of hydrogen-bond acceptors (Lipinski definition) is 6. The van der Waals surface area contributed by atoms with Crippen molar-refractivity contribution in [2.75, 3.05) is 72.7 Å². The Balaban J connectivity index is 1.02. The SMILES string of the molecule is CN(CCCCOCC1CC1)C(=O)CO[C@H]1Cc2ccccc2C12CCN(CC[C@@]1(c3ccc(Cl)c(Cl)c3)CN(C(=O)c3cc(C(F)(F)F)cc(C(F)(F)F)c3)CCO1)CC2. The van der Waals surface area contributed by atoms with E-state index in [0.717, 1.165) is 38.2 Å². The number of likely N-dealkylation sites (tertiary alicyclic amines) is 1. The maximum absolute atomic E-state index is 13.9. The second-order valence-electron chi connectivity index (χ2n) is 16.9. The molecule has 0 N–H and O–H groups in total. The number of ether oxygens (including phenoxy) is 3. The number of halogens is 8. The third kappa shape index (κ3) is 10.7. The minimum Gasteiger partial charge on any atom is -0.381 e. The van der Waals surface area contributed by atoms with Crippen molar-refractivity contribution >= 4 is 35.0 Å². The van der Waals surface area contributed by atoms with E-state index in [2.05, 4.69) is 17.0 Å². The highest BCUT2D eigenvalue weighted by molar-refractivity contribution is 6.42. The highest BCUT2D eigenvalue weighted by atomic mass is 35.5. The average Bonchev–Trinajstić information content (AvgIpc) is 4.02. The Bertz CT molecular complexity index is 2010. The zero-order chi connectivity index (χ0) is 43.6. The fourth-order valence-electron chi connectivity index (χ4n) is 9.04. The first-order valence-electron chi connectivity index (χ1n) is 20.9. The molecule has 0 radical (unpaired) electrons. The molecule has 1 saturated carbocycles. The molecule has 4 aliphatic rings. The normalized spacial score (nSPS) is 21.8. The van der Waals surface area contributed by atoms with Gasteiger partial charge in [-0.1, -0.05) is 53.5 Å². The van der Waals surface area contributed by atoms with Gasteiger partial charge in [0.25, 0.3) is 5.91 Å². The van der Waals surface area contributed by atoms with E-state index in [-0.39, 0.29) is 59.8 Å². The molecule has 2 saturated heterocycles. The lowest BCUT2D eigenvalue weighted by atomic mass is 9.72. The van der Waals surface area contributed by atoms with E-state index in [1.165, 1.54) is 28.9 Å². The van der Waals surface area contributed by atoms with E-state index in [1.807, 2.05) is 12.1 Å². The standard InChI is InChI=1S/C45H51Cl2F6N3O5/c1-54(15-4-5-20-59-27-30-8-9-30)40(57)28-60-39-24-31-6-2-3-7-36(31)42(39)12-16-55(17-13-42)18-14-43(33-10-11-37(46)38(47)26-33)29-56(19-21-61-43)41(58)32-22-34(44(48,49)50)25-35(23-32)45(51,52)53/h2-3,6-7,10-11,22-23,25-26,30,39H,4-5,8-9,12-21,24,27-29H2,1H3/t39-,43-/m0/s1. The summed E-state index contributed by atoms with van der Waals surface area (Å²) in [6.07, 6.45) is -3.63. The van der Waals surface area contributed by atoms with Gasteiger partial charge in [0.1, 0.15) is 12.2 Å². The summed E-state index contributed by atoms with van der Waals surface area (Å²) in [6, 6.07) is 14.1. The predicted molar refractivity (Wildman–Crippen MR) is 219 cm³/mol. The molecule has 2 heterocycles. The number of hydrogen-bond donors (Lipinski definition) is 0. The number of likely N-dealkylation sites (N-methyl/N-ethyl adjacent to an activating group) is 1. The summed E-state index contributed by atoms with van der Waals surface area (Å²) in [5, 5.41) is 0.503. The van der Waals surface area contributed by atoms with E-state index in [9.17, 15) is 35.9 Å². The van der Waals surface area contributed by atoms with Gasteiger partial charge in [0, 0.05) is 50.9 Å². The van der Waals surface area contributed by atoms with Crippen molar-refractivity contribution in [2.45, 2.75) is 80.8 Å². The van der Waals surface area contributed by atoms with Crippen molar-refractivity contribution in [1.29, 1.82) is 0 Å². The highest BCUT2D eigenvalue weighted by Gasteiger charge is 2.50. The Morgan fingerprint density at radius 2 is 1.61 bits per heavy atom. The summed E-state index contributed by atoms with van der Waals surface area (Å²) >= 11 is 12.7. The third-order valence-electron chi connectivity index (χ3n) is 12.8. The number of alkyl halides is 6. The Morgan fingerprint density at radius 1 is 0.902 bits per heavy atom. The van der Waals surface area contributed by atoms with E-state index < -0.39 is 40.6 Å². The molecule has 3 aromatic carbocycles. The van der Waals surface area contributed by atoms with Crippen molar-refractivity contribution in [3.05, 3.63) is 104 Å². The monoisotopic (exact) mass is 897 g/mol. The number of nitrogens with zero attached hydrogens (tertiary/aromatic N) is 3. The third-order valence-corrected chi connectivity index (χ3v) is 13.6. The maximum Gasteiger partial charge on any atom is 0.416 e. The first kappa shape index (κ1) is 45.6. The molecule has 332 valence electrons. The Kier molecular flexibility index (Phi) is 14.0. The summed E-state index contributed by atoms with van der Waals surface area (Å²) in [5.74, 6) is -0.318. The smallest absolute Gasteiger partial charge is 0.381 e. The van der Waals surface area contributed by atoms with Crippen molar-refractivity contribution < 1.29 is 50.1 Å². The minimum atomic E-state index is -5.11. The van der Waals surface area contributed by atoms with Crippen LogP contribution in [-0.2, 0) is 48.8 Å². The van der Waals surface area contributed by atoms with Crippen LogP contribution in [0.5, 0.6) is 0 Å². The van der Waals surface area contributed by atoms with Crippen LogP contribution in [-0.4, -0.2) is 105 Å². The Hall–Kier alpha value is -3.40. The van der Waals surface area contributed by atoms with E-state index in [1.54, 1.807) is 30.1 Å². The van der Waals surface area contributed by atoms with Crippen LogP contribution in [0.3, 0.4) is 0 Å². The van der Waals surface area contributed by atoms with Crippen LogP contribution in [0.4, 0.5) is 26.3 Å². The van der Waals surface area contributed by atoms with Gasteiger partial charge in [0.15, 0.2) is 0 Å². The van der Waals surface area contributed by atoms with Gasteiger partial charge in [-0.2, -0.15) is 26.3 Å². The molecule has 16 heteroatoms. The first-order valence-corrected chi connectivity index (χ1v) is 21.7. The second-order valence-corrected chi connectivity index (χ2v) is 17.8. The van der Waals surface area contributed by atoms with E-state index >= 15 is 0 Å². The Labute approximate surface area is 362 Å². The van der Waals surface area contributed by atoms with Crippen molar-refractivity contribution in [3.63, 3.8) is 0 Å². The van der Waals surface area contributed by atoms with Gasteiger partial charge in [-0.25, -0.2) is 0 Å². The number of fused-ring (bicyclic) bond motifs is 2. The molecular weight excluding hydrogens is 847 g/mol. The van der Waals surface area contributed by atoms with Crippen LogP contribution in [0.25, 0.3) is 0 Å². The predicted octanol–water partition coefficient (Wildman–Crippen LogP) is 9.43. The molecule has 0 aromatic heterocycles. The molecule has 2 atom stereocenters. The fraction of sp³-hybridized carbons (Fsp3) is 0.556. The molecule has 2 amide bonds. The van der Waals surface area contributed by atoms with Gasteiger partial charge in [-0.15, -0.1) is 0 Å².